The zero-order chi connectivity index (χ0) is 16.6. The average Bonchev–Trinajstić information content (AvgIpc) is 2.66. The smallest absolute Gasteiger partial charge is 0.224 e. The molecule has 0 spiro atoms. The molecule has 0 aliphatic rings. The van der Waals surface area contributed by atoms with Gasteiger partial charge in [0.2, 0.25) is 5.95 Å². The minimum atomic E-state index is 0.585. The molecule has 0 unspecified atom stereocenters. The maximum Gasteiger partial charge on any atom is 0.224 e. The van der Waals surface area contributed by atoms with Gasteiger partial charge in [-0.1, -0.05) is 18.2 Å². The van der Waals surface area contributed by atoms with Crippen LogP contribution in [0.15, 0.2) is 61.1 Å². The van der Waals surface area contributed by atoms with Crippen molar-refractivity contribution in [3.63, 3.8) is 0 Å². The van der Waals surface area contributed by atoms with Crippen LogP contribution in [0.1, 0.15) is 11.1 Å². The molecule has 1 aromatic carbocycles. The van der Waals surface area contributed by atoms with Gasteiger partial charge < -0.3 is 15.4 Å². The van der Waals surface area contributed by atoms with Crippen molar-refractivity contribution in [1.29, 1.82) is 0 Å². The summed E-state index contributed by atoms with van der Waals surface area (Å²) in [5.74, 6) is 2.20. The number of nitrogens with one attached hydrogen (secondary N) is 2. The number of anilines is 2. The van der Waals surface area contributed by atoms with E-state index < -0.39 is 0 Å². The number of hydrogen-bond donors (Lipinski definition) is 2. The molecular formula is C18H19N5O. The molecule has 3 rings (SSSR count). The Hall–Kier alpha value is -3.15. The zero-order valence-corrected chi connectivity index (χ0v) is 13.4. The Morgan fingerprint density at radius 2 is 1.75 bits per heavy atom. The minimum absolute atomic E-state index is 0.585. The van der Waals surface area contributed by atoms with Crippen LogP contribution in [0.5, 0.6) is 5.75 Å². The monoisotopic (exact) mass is 321 g/mol. The van der Waals surface area contributed by atoms with Crippen LogP contribution in [0.25, 0.3) is 0 Å². The molecule has 6 nitrogen and oxygen atoms in total. The largest absolute Gasteiger partial charge is 0.497 e. The van der Waals surface area contributed by atoms with E-state index in [0.29, 0.717) is 19.0 Å². The van der Waals surface area contributed by atoms with Gasteiger partial charge in [-0.25, -0.2) is 4.98 Å². The lowest BCUT2D eigenvalue weighted by molar-refractivity contribution is 0.414. The quantitative estimate of drug-likeness (QED) is 0.697. The molecule has 0 saturated heterocycles. The van der Waals surface area contributed by atoms with Gasteiger partial charge >= 0.3 is 0 Å². The van der Waals surface area contributed by atoms with E-state index in [1.807, 2.05) is 48.7 Å². The van der Waals surface area contributed by atoms with Gasteiger partial charge in [-0.2, -0.15) is 4.98 Å². The van der Waals surface area contributed by atoms with Crippen LogP contribution < -0.4 is 15.4 Å². The zero-order valence-electron chi connectivity index (χ0n) is 13.4. The topological polar surface area (TPSA) is 72.0 Å². The highest BCUT2D eigenvalue weighted by Gasteiger charge is 2.00. The summed E-state index contributed by atoms with van der Waals surface area (Å²) in [7, 11) is 1.66. The predicted molar refractivity (Wildman–Crippen MR) is 93.9 cm³/mol. The van der Waals surface area contributed by atoms with Crippen molar-refractivity contribution in [2.24, 2.45) is 0 Å². The van der Waals surface area contributed by atoms with E-state index in [4.69, 9.17) is 4.74 Å². The molecule has 0 bridgehead atoms. The van der Waals surface area contributed by atoms with E-state index in [9.17, 15) is 0 Å². The van der Waals surface area contributed by atoms with Crippen molar-refractivity contribution in [3.8, 4) is 5.75 Å². The summed E-state index contributed by atoms with van der Waals surface area (Å²) in [5.41, 5.74) is 2.23. The fourth-order valence-electron chi connectivity index (χ4n) is 2.16. The van der Waals surface area contributed by atoms with E-state index >= 15 is 0 Å². The first-order chi connectivity index (χ1) is 11.8. The number of rotatable bonds is 7. The first-order valence-corrected chi connectivity index (χ1v) is 7.66. The lowest BCUT2D eigenvalue weighted by Gasteiger charge is -2.09. The second-order valence-electron chi connectivity index (χ2n) is 5.18. The Balaban J connectivity index is 1.56. The molecule has 0 aliphatic carbocycles. The SMILES string of the molecule is COc1ccc(CNc2nccc(NCc3cccnc3)n2)cc1. The number of pyridine rings is 1. The van der Waals surface area contributed by atoms with Crippen LogP contribution >= 0.6 is 0 Å². The summed E-state index contributed by atoms with van der Waals surface area (Å²) in [6.07, 6.45) is 5.32. The molecule has 0 amide bonds. The molecule has 2 heterocycles. The Bertz CT molecular complexity index is 762. The first kappa shape index (κ1) is 15.7. The third-order valence-electron chi connectivity index (χ3n) is 3.46. The van der Waals surface area contributed by atoms with Crippen LogP contribution in [0.2, 0.25) is 0 Å². The van der Waals surface area contributed by atoms with E-state index in [1.165, 1.54) is 0 Å². The van der Waals surface area contributed by atoms with Crippen LogP contribution in [0.4, 0.5) is 11.8 Å². The number of methoxy groups -OCH3 is 1. The summed E-state index contributed by atoms with van der Waals surface area (Å²) in [5, 5.41) is 6.49. The van der Waals surface area contributed by atoms with Gasteiger partial charge in [0.15, 0.2) is 0 Å². The minimum Gasteiger partial charge on any atom is -0.497 e. The standard InChI is InChI=1S/C18H19N5O/c1-24-16-6-4-14(5-7-16)12-22-18-20-10-8-17(23-18)21-13-15-3-2-9-19-11-15/h2-11H,12-13H2,1H3,(H2,20,21,22,23). The number of aromatic nitrogens is 3. The van der Waals surface area contributed by atoms with E-state index in [-0.39, 0.29) is 0 Å². The van der Waals surface area contributed by atoms with E-state index in [2.05, 4.69) is 25.6 Å². The predicted octanol–water partition coefficient (Wildman–Crippen LogP) is 3.10. The van der Waals surface area contributed by atoms with Crippen LogP contribution in [0, 0.1) is 0 Å². The summed E-state index contributed by atoms with van der Waals surface area (Å²) < 4.78 is 5.15. The Labute approximate surface area is 141 Å². The summed E-state index contributed by atoms with van der Waals surface area (Å²) in [4.78, 5) is 12.8. The van der Waals surface area contributed by atoms with Gasteiger partial charge in [0.1, 0.15) is 11.6 Å². The molecule has 2 N–H and O–H groups in total. The third-order valence-corrected chi connectivity index (χ3v) is 3.46. The normalized spacial score (nSPS) is 10.2. The van der Waals surface area contributed by atoms with Gasteiger partial charge in [0, 0.05) is 31.7 Å². The molecule has 122 valence electrons. The lowest BCUT2D eigenvalue weighted by atomic mass is 10.2. The maximum absolute atomic E-state index is 5.15. The highest BCUT2D eigenvalue weighted by Crippen LogP contribution is 2.13. The Kier molecular flexibility index (Phi) is 5.19. The Morgan fingerprint density at radius 1 is 0.917 bits per heavy atom. The van der Waals surface area contributed by atoms with Gasteiger partial charge in [0.25, 0.3) is 0 Å². The number of benzene rings is 1. The van der Waals surface area contributed by atoms with Crippen molar-refractivity contribution < 1.29 is 4.74 Å². The van der Waals surface area contributed by atoms with Gasteiger partial charge in [-0.15, -0.1) is 0 Å². The number of nitrogens with zero attached hydrogens (tertiary/aromatic N) is 3. The summed E-state index contributed by atoms with van der Waals surface area (Å²) >= 11 is 0. The van der Waals surface area contributed by atoms with Crippen molar-refractivity contribution in [1.82, 2.24) is 15.0 Å². The van der Waals surface area contributed by atoms with E-state index in [1.54, 1.807) is 19.5 Å². The second-order valence-corrected chi connectivity index (χ2v) is 5.18. The number of hydrogen-bond acceptors (Lipinski definition) is 6. The summed E-state index contributed by atoms with van der Waals surface area (Å²) in [6, 6.07) is 13.7. The van der Waals surface area contributed by atoms with Crippen LogP contribution in [-0.2, 0) is 13.1 Å². The fourth-order valence-corrected chi connectivity index (χ4v) is 2.16. The fraction of sp³-hybridized carbons (Fsp3) is 0.167. The highest BCUT2D eigenvalue weighted by molar-refractivity contribution is 5.40. The first-order valence-electron chi connectivity index (χ1n) is 7.66. The van der Waals surface area contributed by atoms with E-state index in [0.717, 1.165) is 22.7 Å². The number of ether oxygens (including phenoxy) is 1. The van der Waals surface area contributed by atoms with Gasteiger partial charge in [0.05, 0.1) is 7.11 Å². The van der Waals surface area contributed by atoms with Gasteiger partial charge in [-0.3, -0.25) is 4.98 Å². The molecule has 24 heavy (non-hydrogen) atoms. The summed E-state index contributed by atoms with van der Waals surface area (Å²) in [6.45, 7) is 1.32. The Morgan fingerprint density at radius 3 is 2.50 bits per heavy atom. The second kappa shape index (κ2) is 7.92. The van der Waals surface area contributed by atoms with Crippen molar-refractivity contribution in [3.05, 3.63) is 72.2 Å². The molecule has 6 heteroatoms. The third kappa shape index (κ3) is 4.42. The molecule has 0 radical (unpaired) electrons. The highest BCUT2D eigenvalue weighted by atomic mass is 16.5. The van der Waals surface area contributed by atoms with Crippen molar-refractivity contribution in [2.75, 3.05) is 17.7 Å². The molecule has 0 fully saturated rings. The molecule has 3 aromatic rings. The van der Waals surface area contributed by atoms with Gasteiger partial charge in [-0.05, 0) is 35.4 Å². The molecular weight excluding hydrogens is 302 g/mol. The molecule has 0 atom stereocenters. The van der Waals surface area contributed by atoms with Crippen molar-refractivity contribution in [2.45, 2.75) is 13.1 Å². The maximum atomic E-state index is 5.15. The molecule has 2 aromatic heterocycles. The van der Waals surface area contributed by atoms with Crippen LogP contribution in [-0.4, -0.2) is 22.1 Å². The van der Waals surface area contributed by atoms with Crippen molar-refractivity contribution >= 4 is 11.8 Å². The van der Waals surface area contributed by atoms with Crippen LogP contribution in [0.3, 0.4) is 0 Å². The molecule has 0 saturated carbocycles. The molecule has 0 aliphatic heterocycles. The lowest BCUT2D eigenvalue weighted by Crippen LogP contribution is -2.06. The average molecular weight is 321 g/mol.